The first-order chi connectivity index (χ1) is 9.65. The van der Waals surface area contributed by atoms with Gasteiger partial charge in [0.15, 0.2) is 0 Å². The third-order valence-corrected chi connectivity index (χ3v) is 2.92. The molecule has 20 heavy (non-hydrogen) atoms. The number of hydrogen-bond acceptors (Lipinski definition) is 3. The minimum Gasteiger partial charge on any atom is -0.273 e. The molecule has 106 valence electrons. The smallest absolute Gasteiger partial charge is 0.245 e. The highest BCUT2D eigenvalue weighted by Gasteiger charge is 2.05. The van der Waals surface area contributed by atoms with E-state index in [0.29, 0.717) is 19.6 Å². The molecule has 0 atom stereocenters. The second-order valence-electron chi connectivity index (χ2n) is 4.70. The maximum Gasteiger partial charge on any atom is 0.245 e. The van der Waals surface area contributed by atoms with Crippen LogP contribution in [0.15, 0.2) is 36.4 Å². The molecule has 0 aliphatic carbocycles. The lowest BCUT2D eigenvalue weighted by molar-refractivity contribution is -0.134. The SMILES string of the molecule is Cc1cc(C)n(CCC(=O)NOCc2ccccc2)n1. The summed E-state index contributed by atoms with van der Waals surface area (Å²) >= 11 is 0. The summed E-state index contributed by atoms with van der Waals surface area (Å²) in [5.41, 5.74) is 5.48. The van der Waals surface area contributed by atoms with Crippen LogP contribution in [0.2, 0.25) is 0 Å². The Labute approximate surface area is 118 Å². The van der Waals surface area contributed by atoms with Gasteiger partial charge in [-0.05, 0) is 25.5 Å². The van der Waals surface area contributed by atoms with Crippen LogP contribution >= 0.6 is 0 Å². The molecule has 0 fully saturated rings. The average molecular weight is 273 g/mol. The van der Waals surface area contributed by atoms with Crippen molar-refractivity contribution in [3.63, 3.8) is 0 Å². The lowest BCUT2D eigenvalue weighted by Gasteiger charge is -2.07. The zero-order valence-electron chi connectivity index (χ0n) is 11.8. The van der Waals surface area contributed by atoms with Gasteiger partial charge in [-0.25, -0.2) is 5.48 Å². The molecule has 1 amide bonds. The van der Waals surface area contributed by atoms with Gasteiger partial charge in [0.2, 0.25) is 5.91 Å². The van der Waals surface area contributed by atoms with Gasteiger partial charge < -0.3 is 0 Å². The molecule has 1 aromatic carbocycles. The third-order valence-electron chi connectivity index (χ3n) is 2.92. The topological polar surface area (TPSA) is 56.2 Å². The van der Waals surface area contributed by atoms with E-state index in [9.17, 15) is 4.79 Å². The number of hydroxylamine groups is 1. The number of hydrogen-bond donors (Lipinski definition) is 1. The number of carbonyl (C=O) groups excluding carboxylic acids is 1. The number of amides is 1. The van der Waals surface area contributed by atoms with Crippen LogP contribution in [-0.2, 0) is 22.8 Å². The first kappa shape index (κ1) is 14.3. The Morgan fingerprint density at radius 1 is 1.30 bits per heavy atom. The van der Waals surface area contributed by atoms with Crippen LogP contribution in [0.1, 0.15) is 23.4 Å². The Morgan fingerprint density at radius 3 is 2.70 bits per heavy atom. The summed E-state index contributed by atoms with van der Waals surface area (Å²) in [6, 6.07) is 11.7. The lowest BCUT2D eigenvalue weighted by Crippen LogP contribution is -2.25. The van der Waals surface area contributed by atoms with Crippen molar-refractivity contribution in [1.29, 1.82) is 0 Å². The number of aryl methyl sites for hydroxylation is 3. The van der Waals surface area contributed by atoms with E-state index in [1.165, 1.54) is 0 Å². The number of rotatable bonds is 6. The molecule has 2 rings (SSSR count). The zero-order valence-corrected chi connectivity index (χ0v) is 11.8. The van der Waals surface area contributed by atoms with E-state index in [4.69, 9.17) is 4.84 Å². The minimum atomic E-state index is -0.145. The first-order valence-corrected chi connectivity index (χ1v) is 6.61. The van der Waals surface area contributed by atoms with Gasteiger partial charge >= 0.3 is 0 Å². The fourth-order valence-corrected chi connectivity index (χ4v) is 1.93. The molecule has 0 spiro atoms. The molecule has 0 bridgehead atoms. The summed E-state index contributed by atoms with van der Waals surface area (Å²) in [5, 5.41) is 4.31. The highest BCUT2D eigenvalue weighted by atomic mass is 16.6. The summed E-state index contributed by atoms with van der Waals surface area (Å²) < 4.78 is 1.83. The molecular formula is C15H19N3O2. The van der Waals surface area contributed by atoms with Crippen molar-refractivity contribution >= 4 is 5.91 Å². The molecule has 5 heteroatoms. The van der Waals surface area contributed by atoms with Gasteiger partial charge in [0.05, 0.1) is 18.8 Å². The maximum absolute atomic E-state index is 11.6. The Morgan fingerprint density at radius 2 is 2.05 bits per heavy atom. The highest BCUT2D eigenvalue weighted by Crippen LogP contribution is 2.03. The molecule has 0 saturated heterocycles. The highest BCUT2D eigenvalue weighted by molar-refractivity contribution is 5.74. The molecule has 1 heterocycles. The van der Waals surface area contributed by atoms with Crippen molar-refractivity contribution in [2.45, 2.75) is 33.4 Å². The van der Waals surface area contributed by atoms with Crippen LogP contribution < -0.4 is 5.48 Å². The van der Waals surface area contributed by atoms with E-state index in [1.54, 1.807) is 0 Å². The van der Waals surface area contributed by atoms with E-state index in [-0.39, 0.29) is 5.91 Å². The van der Waals surface area contributed by atoms with Gasteiger partial charge in [-0.3, -0.25) is 14.3 Å². The lowest BCUT2D eigenvalue weighted by atomic mass is 10.2. The summed E-state index contributed by atoms with van der Waals surface area (Å²) in [5.74, 6) is -0.145. The standard InChI is InChI=1S/C15H19N3O2/c1-12-10-13(2)18(16-12)9-8-15(19)17-20-11-14-6-4-3-5-7-14/h3-7,10H,8-9,11H2,1-2H3,(H,17,19). The average Bonchev–Trinajstić information content (AvgIpc) is 2.76. The van der Waals surface area contributed by atoms with Crippen LogP contribution in [0, 0.1) is 13.8 Å². The Kier molecular flexibility index (Phi) is 4.90. The predicted octanol–water partition coefficient (Wildman–Crippen LogP) is 2.14. The summed E-state index contributed by atoms with van der Waals surface area (Å²) in [4.78, 5) is 16.8. The van der Waals surface area contributed by atoms with Crippen LogP contribution in [0.3, 0.4) is 0 Å². The van der Waals surface area contributed by atoms with E-state index in [2.05, 4.69) is 10.6 Å². The molecule has 1 N–H and O–H groups in total. The molecular weight excluding hydrogens is 254 g/mol. The normalized spacial score (nSPS) is 10.5. The van der Waals surface area contributed by atoms with Crippen LogP contribution in [0.5, 0.6) is 0 Å². The molecule has 5 nitrogen and oxygen atoms in total. The molecule has 0 aliphatic heterocycles. The number of benzene rings is 1. The quantitative estimate of drug-likeness (QED) is 0.820. The van der Waals surface area contributed by atoms with Crippen molar-refractivity contribution in [1.82, 2.24) is 15.3 Å². The van der Waals surface area contributed by atoms with Gasteiger partial charge in [0.25, 0.3) is 0 Å². The summed E-state index contributed by atoms with van der Waals surface area (Å²) in [7, 11) is 0. The van der Waals surface area contributed by atoms with Gasteiger partial charge in [-0.15, -0.1) is 0 Å². The van der Waals surface area contributed by atoms with Gasteiger partial charge in [0, 0.05) is 12.1 Å². The van der Waals surface area contributed by atoms with E-state index in [1.807, 2.05) is 54.9 Å². The molecule has 0 radical (unpaired) electrons. The van der Waals surface area contributed by atoms with Crippen molar-refractivity contribution in [3.05, 3.63) is 53.3 Å². The number of nitrogens with one attached hydrogen (secondary N) is 1. The van der Waals surface area contributed by atoms with E-state index in [0.717, 1.165) is 17.0 Å². The molecule has 2 aromatic rings. The van der Waals surface area contributed by atoms with Crippen LogP contribution in [-0.4, -0.2) is 15.7 Å². The molecule has 0 unspecified atom stereocenters. The number of carbonyl (C=O) groups is 1. The van der Waals surface area contributed by atoms with Crippen molar-refractivity contribution < 1.29 is 9.63 Å². The van der Waals surface area contributed by atoms with Gasteiger partial charge in [-0.1, -0.05) is 30.3 Å². The van der Waals surface area contributed by atoms with Crippen molar-refractivity contribution in [2.24, 2.45) is 0 Å². The van der Waals surface area contributed by atoms with Crippen molar-refractivity contribution in [3.8, 4) is 0 Å². The minimum absolute atomic E-state index is 0.145. The second kappa shape index (κ2) is 6.86. The maximum atomic E-state index is 11.6. The van der Waals surface area contributed by atoms with Crippen molar-refractivity contribution in [2.75, 3.05) is 0 Å². The number of nitrogens with zero attached hydrogens (tertiary/aromatic N) is 2. The summed E-state index contributed by atoms with van der Waals surface area (Å²) in [6.07, 6.45) is 0.344. The van der Waals surface area contributed by atoms with Crippen LogP contribution in [0.4, 0.5) is 0 Å². The monoisotopic (exact) mass is 273 g/mol. The van der Waals surface area contributed by atoms with E-state index >= 15 is 0 Å². The van der Waals surface area contributed by atoms with Crippen LogP contribution in [0.25, 0.3) is 0 Å². The molecule has 1 aromatic heterocycles. The largest absolute Gasteiger partial charge is 0.273 e. The van der Waals surface area contributed by atoms with E-state index < -0.39 is 0 Å². The Bertz CT molecular complexity index is 564. The molecule has 0 saturated carbocycles. The molecule has 0 aliphatic rings. The van der Waals surface area contributed by atoms with Gasteiger partial charge in [0.1, 0.15) is 0 Å². The third kappa shape index (κ3) is 4.20. The van der Waals surface area contributed by atoms with Gasteiger partial charge in [-0.2, -0.15) is 5.10 Å². The second-order valence-corrected chi connectivity index (χ2v) is 4.70. The zero-order chi connectivity index (χ0) is 14.4. The fraction of sp³-hybridized carbons (Fsp3) is 0.333. The Hall–Kier alpha value is -2.14. The summed E-state index contributed by atoms with van der Waals surface area (Å²) in [6.45, 7) is 4.84. The fourth-order valence-electron chi connectivity index (χ4n) is 1.93. The first-order valence-electron chi connectivity index (χ1n) is 6.61. The number of aromatic nitrogens is 2. The predicted molar refractivity (Wildman–Crippen MR) is 75.7 cm³/mol. The Balaban J connectivity index is 1.69.